The summed E-state index contributed by atoms with van der Waals surface area (Å²) in [5, 5.41) is -0.0599. The Labute approximate surface area is 149 Å². The van der Waals surface area contributed by atoms with Crippen molar-refractivity contribution in [1.82, 2.24) is 0 Å². The summed E-state index contributed by atoms with van der Waals surface area (Å²) in [6.45, 7) is 1.41. The lowest BCUT2D eigenvalue weighted by atomic mass is 10.3. The normalized spacial score (nSPS) is 12.7. The highest BCUT2D eigenvalue weighted by Gasteiger charge is 2.32. The molecule has 0 saturated heterocycles. The van der Waals surface area contributed by atoms with Gasteiger partial charge < -0.3 is 0 Å². The maximum Gasteiger partial charge on any atom is 0.265 e. The number of anilines is 1. The predicted molar refractivity (Wildman–Crippen MR) is 92.9 cm³/mol. The second-order valence-electron chi connectivity index (χ2n) is 4.71. The summed E-state index contributed by atoms with van der Waals surface area (Å²) in [6, 6.07) is 10.7. The van der Waals surface area contributed by atoms with Crippen molar-refractivity contribution in [2.45, 2.75) is 17.9 Å². The van der Waals surface area contributed by atoms with Crippen molar-refractivity contribution in [2.24, 2.45) is 0 Å². The fraction of sp³-hybridized carbons (Fsp3) is 0.133. The quantitative estimate of drug-likeness (QED) is 0.711. The Hall–Kier alpha value is -1.27. The second-order valence-corrected chi connectivity index (χ2v) is 7.78. The van der Waals surface area contributed by atoms with Crippen LogP contribution >= 0.6 is 34.8 Å². The summed E-state index contributed by atoms with van der Waals surface area (Å²) in [5.74, 6) is 0. The Morgan fingerprint density at radius 1 is 1.04 bits per heavy atom. The molecular formula is C15H12Cl3NO3S. The van der Waals surface area contributed by atoms with Gasteiger partial charge in [0.05, 0.1) is 10.6 Å². The van der Waals surface area contributed by atoms with Crippen molar-refractivity contribution in [3.8, 4) is 0 Å². The summed E-state index contributed by atoms with van der Waals surface area (Å²) in [4.78, 5) is 11.6. The standard InChI is InChI=1S/C15H12Cl3NO3S/c1-10(15(18)20)19(13-4-2-3-12(17)9-13)23(21,22)14-7-5-11(16)6-8-14/h2-10H,1H3. The number of hydrogen-bond acceptors (Lipinski definition) is 3. The van der Waals surface area contributed by atoms with E-state index in [9.17, 15) is 13.2 Å². The molecule has 2 aromatic carbocycles. The van der Waals surface area contributed by atoms with Crippen molar-refractivity contribution in [1.29, 1.82) is 0 Å². The van der Waals surface area contributed by atoms with Crippen molar-refractivity contribution < 1.29 is 13.2 Å². The number of carbonyl (C=O) groups excluding carboxylic acids is 1. The average Bonchev–Trinajstić information content (AvgIpc) is 2.47. The van der Waals surface area contributed by atoms with Gasteiger partial charge in [-0.2, -0.15) is 0 Å². The van der Waals surface area contributed by atoms with Crippen LogP contribution in [-0.2, 0) is 14.8 Å². The van der Waals surface area contributed by atoms with E-state index in [1.165, 1.54) is 43.3 Å². The van der Waals surface area contributed by atoms with Crippen LogP contribution in [-0.4, -0.2) is 19.7 Å². The number of carbonyl (C=O) groups is 1. The Morgan fingerprint density at radius 3 is 2.17 bits per heavy atom. The van der Waals surface area contributed by atoms with Gasteiger partial charge >= 0.3 is 0 Å². The molecule has 0 fully saturated rings. The van der Waals surface area contributed by atoms with Crippen LogP contribution < -0.4 is 4.31 Å². The highest BCUT2D eigenvalue weighted by Crippen LogP contribution is 2.29. The molecule has 122 valence electrons. The van der Waals surface area contributed by atoms with E-state index in [0.717, 1.165) is 4.31 Å². The number of sulfonamides is 1. The molecule has 0 radical (unpaired) electrons. The van der Waals surface area contributed by atoms with Gasteiger partial charge in [-0.1, -0.05) is 29.3 Å². The van der Waals surface area contributed by atoms with Crippen LogP contribution in [0.15, 0.2) is 53.4 Å². The minimum absolute atomic E-state index is 0.00774. The second kappa shape index (κ2) is 7.09. The number of hydrogen-bond donors (Lipinski definition) is 0. The predicted octanol–water partition coefficient (Wildman–Crippen LogP) is 4.34. The third kappa shape index (κ3) is 3.98. The molecule has 23 heavy (non-hydrogen) atoms. The largest absolute Gasteiger partial charge is 0.279 e. The highest BCUT2D eigenvalue weighted by molar-refractivity contribution is 7.93. The monoisotopic (exact) mass is 391 g/mol. The molecule has 0 N–H and O–H groups in total. The minimum atomic E-state index is -4.02. The first-order chi connectivity index (χ1) is 10.7. The molecule has 0 saturated carbocycles. The van der Waals surface area contributed by atoms with E-state index >= 15 is 0 Å². The number of halogens is 3. The summed E-state index contributed by atoms with van der Waals surface area (Å²) in [6.07, 6.45) is 0. The Bertz CT molecular complexity index is 822. The van der Waals surface area contributed by atoms with Crippen LogP contribution in [0.25, 0.3) is 0 Å². The van der Waals surface area contributed by atoms with Crippen molar-refractivity contribution in [3.63, 3.8) is 0 Å². The molecule has 1 atom stereocenters. The summed E-state index contributed by atoms with van der Waals surface area (Å²) in [5.41, 5.74) is 0.244. The first kappa shape index (κ1) is 18.1. The van der Waals surface area contributed by atoms with Gasteiger partial charge in [0.25, 0.3) is 10.0 Å². The number of rotatable bonds is 5. The van der Waals surface area contributed by atoms with E-state index in [2.05, 4.69) is 0 Å². The van der Waals surface area contributed by atoms with Gasteiger partial charge in [0, 0.05) is 10.0 Å². The lowest BCUT2D eigenvalue weighted by molar-refractivity contribution is -0.112. The summed E-state index contributed by atoms with van der Waals surface area (Å²) >= 11 is 17.3. The molecule has 0 aliphatic carbocycles. The Balaban J connectivity index is 2.61. The van der Waals surface area contributed by atoms with Gasteiger partial charge in [0.2, 0.25) is 5.24 Å². The van der Waals surface area contributed by atoms with E-state index in [1.54, 1.807) is 12.1 Å². The van der Waals surface area contributed by atoms with E-state index in [0.29, 0.717) is 10.0 Å². The maximum absolute atomic E-state index is 12.9. The zero-order chi connectivity index (χ0) is 17.2. The minimum Gasteiger partial charge on any atom is -0.279 e. The fourth-order valence-electron chi connectivity index (χ4n) is 2.00. The van der Waals surface area contributed by atoms with E-state index < -0.39 is 21.3 Å². The van der Waals surface area contributed by atoms with Crippen molar-refractivity contribution >= 4 is 55.8 Å². The molecule has 0 aliphatic rings. The molecule has 0 spiro atoms. The SMILES string of the molecule is CC(C(=O)Cl)N(c1cccc(Cl)c1)S(=O)(=O)c1ccc(Cl)cc1. The molecule has 8 heteroatoms. The van der Waals surface area contributed by atoms with E-state index in [1.807, 2.05) is 0 Å². The van der Waals surface area contributed by atoms with Gasteiger partial charge in [-0.05, 0) is 61.0 Å². The van der Waals surface area contributed by atoms with Crippen LogP contribution in [0, 0.1) is 0 Å². The van der Waals surface area contributed by atoms with Crippen LogP contribution in [0.4, 0.5) is 5.69 Å². The highest BCUT2D eigenvalue weighted by atomic mass is 35.5. The van der Waals surface area contributed by atoms with Crippen LogP contribution in [0.2, 0.25) is 10.0 Å². The summed E-state index contributed by atoms with van der Waals surface area (Å²) < 4.78 is 26.8. The van der Waals surface area contributed by atoms with Crippen molar-refractivity contribution in [2.75, 3.05) is 4.31 Å². The third-order valence-corrected chi connectivity index (χ3v) is 5.83. The first-order valence-corrected chi connectivity index (χ1v) is 9.06. The third-order valence-electron chi connectivity index (χ3n) is 3.11. The average molecular weight is 393 g/mol. The van der Waals surface area contributed by atoms with Crippen molar-refractivity contribution in [3.05, 3.63) is 58.6 Å². The molecule has 0 amide bonds. The Kier molecular flexibility index (Phi) is 5.57. The zero-order valence-electron chi connectivity index (χ0n) is 11.9. The van der Waals surface area contributed by atoms with Gasteiger partial charge in [0.1, 0.15) is 6.04 Å². The molecule has 1 unspecified atom stereocenters. The van der Waals surface area contributed by atoms with E-state index in [-0.39, 0.29) is 10.6 Å². The van der Waals surface area contributed by atoms with Crippen LogP contribution in [0.1, 0.15) is 6.92 Å². The van der Waals surface area contributed by atoms with E-state index in [4.69, 9.17) is 34.8 Å². The van der Waals surface area contributed by atoms with Gasteiger partial charge in [0.15, 0.2) is 0 Å². The van der Waals surface area contributed by atoms with Crippen LogP contribution in [0.3, 0.4) is 0 Å². The van der Waals surface area contributed by atoms with Crippen LogP contribution in [0.5, 0.6) is 0 Å². The lowest BCUT2D eigenvalue weighted by Crippen LogP contribution is -2.42. The molecule has 4 nitrogen and oxygen atoms in total. The van der Waals surface area contributed by atoms with Gasteiger partial charge in [-0.3, -0.25) is 9.10 Å². The van der Waals surface area contributed by atoms with Gasteiger partial charge in [-0.25, -0.2) is 8.42 Å². The van der Waals surface area contributed by atoms with Gasteiger partial charge in [-0.15, -0.1) is 0 Å². The molecule has 2 rings (SSSR count). The maximum atomic E-state index is 12.9. The topological polar surface area (TPSA) is 54.5 Å². The Morgan fingerprint density at radius 2 is 1.65 bits per heavy atom. The first-order valence-electron chi connectivity index (χ1n) is 6.48. The molecule has 0 aromatic heterocycles. The zero-order valence-corrected chi connectivity index (χ0v) is 15.0. The number of benzene rings is 2. The molecule has 0 heterocycles. The lowest BCUT2D eigenvalue weighted by Gasteiger charge is -2.28. The fourth-order valence-corrected chi connectivity index (χ4v) is 4.07. The number of nitrogens with zero attached hydrogens (tertiary/aromatic N) is 1. The molecular weight excluding hydrogens is 381 g/mol. The summed E-state index contributed by atoms with van der Waals surface area (Å²) in [7, 11) is -4.02. The molecule has 0 bridgehead atoms. The smallest absolute Gasteiger partial charge is 0.265 e. The molecule has 2 aromatic rings. The molecule has 0 aliphatic heterocycles.